The summed E-state index contributed by atoms with van der Waals surface area (Å²) in [6, 6.07) is 14.9. The van der Waals surface area contributed by atoms with Gasteiger partial charge in [0, 0.05) is 73.9 Å². The normalized spacial score (nSPS) is 23.8. The number of nitriles is 1. The van der Waals surface area contributed by atoms with Gasteiger partial charge in [-0.05, 0) is 62.7 Å². The predicted molar refractivity (Wildman–Crippen MR) is 201 cm³/mol. The summed E-state index contributed by atoms with van der Waals surface area (Å²) in [5.41, 5.74) is 3.61. The summed E-state index contributed by atoms with van der Waals surface area (Å²) in [5.74, 6) is 0.845. The number of fused-ring (bicyclic) bond motifs is 3. The number of carbonyl (C=O) groups excluding carboxylic acids is 1. The van der Waals surface area contributed by atoms with Crippen LogP contribution < -0.4 is 14.5 Å². The fourth-order valence-corrected chi connectivity index (χ4v) is 10.0. The number of nitrogens with zero attached hydrogens (tertiary/aromatic N) is 8. The lowest BCUT2D eigenvalue weighted by Crippen LogP contribution is -2.65. The van der Waals surface area contributed by atoms with Gasteiger partial charge in [-0.15, -0.1) is 0 Å². The van der Waals surface area contributed by atoms with Crippen molar-refractivity contribution in [1.29, 1.82) is 5.26 Å². The molecule has 0 aliphatic carbocycles. The summed E-state index contributed by atoms with van der Waals surface area (Å²) >= 11 is 6.78. The van der Waals surface area contributed by atoms with Crippen molar-refractivity contribution in [2.24, 2.45) is 5.41 Å². The lowest BCUT2D eigenvalue weighted by atomic mass is 9.78. The highest BCUT2D eigenvalue weighted by Crippen LogP contribution is 2.41. The third-order valence-electron chi connectivity index (χ3n) is 12.4. The first-order valence-electron chi connectivity index (χ1n) is 19.0. The van der Waals surface area contributed by atoms with Gasteiger partial charge in [0.25, 0.3) is 0 Å². The van der Waals surface area contributed by atoms with Gasteiger partial charge < -0.3 is 24.2 Å². The molecule has 2 aromatic carbocycles. The maximum absolute atomic E-state index is 13.5. The Balaban J connectivity index is 0.967. The van der Waals surface area contributed by atoms with E-state index in [2.05, 4.69) is 49.9 Å². The molecule has 52 heavy (non-hydrogen) atoms. The second-order valence-corrected chi connectivity index (χ2v) is 16.2. The molecule has 9 rings (SSSR count). The molecule has 0 unspecified atom stereocenters. The minimum Gasteiger partial charge on any atom is -0.461 e. The van der Waals surface area contributed by atoms with Crippen LogP contribution in [-0.2, 0) is 22.5 Å². The number of hydrogen-bond donors (Lipinski definition) is 0. The zero-order valence-corrected chi connectivity index (χ0v) is 30.6. The Morgan fingerprint density at radius 1 is 1.04 bits per heavy atom. The number of amides is 1. The molecule has 0 radical (unpaired) electrons. The van der Waals surface area contributed by atoms with E-state index in [4.69, 9.17) is 31.0 Å². The first-order chi connectivity index (χ1) is 25.4. The minimum absolute atomic E-state index is 0.0304. The van der Waals surface area contributed by atoms with Crippen molar-refractivity contribution >= 4 is 39.8 Å². The third kappa shape index (κ3) is 6.17. The quantitative estimate of drug-likeness (QED) is 0.290. The van der Waals surface area contributed by atoms with Crippen molar-refractivity contribution in [3.05, 3.63) is 64.8 Å². The number of likely N-dealkylation sites (tertiary alicyclic amines) is 1. The number of aromatic nitrogens is 2. The van der Waals surface area contributed by atoms with Gasteiger partial charge in [-0.2, -0.15) is 15.2 Å². The van der Waals surface area contributed by atoms with Crippen LogP contribution in [0.5, 0.6) is 6.01 Å². The SMILES string of the molecule is N#CC[C@H]1CN(c2nc(OCC34CCCN3CCC4)nc3c2CCN(c2cccc4cccc(Cl)c24)C3)CCN1C(=O)/C=C/CN1CC2(COC2)C1. The second kappa shape index (κ2) is 13.8. The number of ether oxygens (including phenoxy) is 2. The van der Waals surface area contributed by atoms with E-state index in [-0.39, 0.29) is 23.9 Å². The summed E-state index contributed by atoms with van der Waals surface area (Å²) in [4.78, 5) is 35.2. The molecule has 6 aliphatic rings. The van der Waals surface area contributed by atoms with Crippen molar-refractivity contribution in [3.63, 3.8) is 0 Å². The lowest BCUT2D eigenvalue weighted by molar-refractivity contribution is -0.186. The van der Waals surface area contributed by atoms with E-state index in [1.54, 1.807) is 6.08 Å². The zero-order chi connectivity index (χ0) is 35.3. The molecule has 11 nitrogen and oxygen atoms in total. The average molecular weight is 723 g/mol. The van der Waals surface area contributed by atoms with Gasteiger partial charge in [-0.1, -0.05) is 41.9 Å². The fraction of sp³-hybridized carbons (Fsp3) is 0.550. The van der Waals surface area contributed by atoms with Crippen LogP contribution in [0.25, 0.3) is 10.8 Å². The van der Waals surface area contributed by atoms with E-state index >= 15 is 0 Å². The Labute approximate surface area is 310 Å². The van der Waals surface area contributed by atoms with Crippen LogP contribution in [-0.4, -0.2) is 121 Å². The molecule has 0 saturated carbocycles. The fourth-order valence-electron chi connectivity index (χ4n) is 9.74. The van der Waals surface area contributed by atoms with Crippen molar-refractivity contribution in [2.45, 2.75) is 56.7 Å². The lowest BCUT2D eigenvalue weighted by Gasteiger charge is -2.55. The molecule has 272 valence electrons. The Bertz CT molecular complexity index is 1900. The molecular weight excluding hydrogens is 676 g/mol. The van der Waals surface area contributed by atoms with E-state index in [1.165, 1.54) is 12.8 Å². The summed E-state index contributed by atoms with van der Waals surface area (Å²) < 4.78 is 12.0. The van der Waals surface area contributed by atoms with Gasteiger partial charge in [-0.25, -0.2) is 0 Å². The monoisotopic (exact) mass is 722 g/mol. The van der Waals surface area contributed by atoms with Crippen LogP contribution in [0.1, 0.15) is 43.4 Å². The first kappa shape index (κ1) is 33.9. The van der Waals surface area contributed by atoms with Crippen molar-refractivity contribution in [1.82, 2.24) is 24.7 Å². The number of carbonyl (C=O) groups is 1. The van der Waals surface area contributed by atoms with E-state index in [9.17, 15) is 10.1 Å². The van der Waals surface area contributed by atoms with Crippen LogP contribution >= 0.6 is 11.6 Å². The van der Waals surface area contributed by atoms with Crippen LogP contribution in [0.2, 0.25) is 5.02 Å². The highest BCUT2D eigenvalue weighted by molar-refractivity contribution is 6.36. The Kier molecular flexibility index (Phi) is 8.98. The molecule has 3 aromatic rings. The molecule has 12 heteroatoms. The summed E-state index contributed by atoms with van der Waals surface area (Å²) in [6.07, 6.45) is 9.39. The smallest absolute Gasteiger partial charge is 0.318 e. The molecule has 6 aliphatic heterocycles. The predicted octanol–water partition coefficient (Wildman–Crippen LogP) is 4.67. The number of piperazine rings is 1. The highest BCUT2D eigenvalue weighted by atomic mass is 35.5. The van der Waals surface area contributed by atoms with Crippen molar-refractivity contribution in [3.8, 4) is 12.1 Å². The third-order valence-corrected chi connectivity index (χ3v) is 12.7. The van der Waals surface area contributed by atoms with E-state index in [1.807, 2.05) is 23.1 Å². The minimum atomic E-state index is -0.243. The van der Waals surface area contributed by atoms with Gasteiger partial charge in [0.1, 0.15) is 12.4 Å². The topological polar surface area (TPSA) is 101 Å². The maximum atomic E-state index is 13.5. The number of hydrogen-bond acceptors (Lipinski definition) is 10. The second-order valence-electron chi connectivity index (χ2n) is 15.8. The van der Waals surface area contributed by atoms with Crippen LogP contribution in [0.4, 0.5) is 11.5 Å². The molecule has 5 fully saturated rings. The zero-order valence-electron chi connectivity index (χ0n) is 29.8. The van der Waals surface area contributed by atoms with Crippen LogP contribution in [0.3, 0.4) is 0 Å². The van der Waals surface area contributed by atoms with Gasteiger partial charge in [0.15, 0.2) is 0 Å². The molecule has 5 saturated heterocycles. The number of anilines is 2. The van der Waals surface area contributed by atoms with Crippen molar-refractivity contribution in [2.75, 3.05) is 88.5 Å². The molecule has 7 heterocycles. The van der Waals surface area contributed by atoms with E-state index < -0.39 is 0 Å². The molecule has 1 aromatic heterocycles. The average Bonchev–Trinajstić information content (AvgIpc) is 3.71. The van der Waals surface area contributed by atoms with Gasteiger partial charge >= 0.3 is 6.01 Å². The molecule has 1 amide bonds. The molecular formula is C40H47ClN8O3. The molecule has 1 atom stereocenters. The van der Waals surface area contributed by atoms with Crippen LogP contribution in [0.15, 0.2) is 48.6 Å². The molecule has 1 spiro atoms. The first-order valence-corrected chi connectivity index (χ1v) is 19.4. The van der Waals surface area contributed by atoms with E-state index in [0.29, 0.717) is 44.2 Å². The van der Waals surface area contributed by atoms with Gasteiger partial charge in [0.2, 0.25) is 5.91 Å². The summed E-state index contributed by atoms with van der Waals surface area (Å²) in [7, 11) is 0. The largest absolute Gasteiger partial charge is 0.461 e. The Morgan fingerprint density at radius 3 is 2.62 bits per heavy atom. The molecule has 0 bridgehead atoms. The van der Waals surface area contributed by atoms with E-state index in [0.717, 1.165) is 110 Å². The maximum Gasteiger partial charge on any atom is 0.318 e. The Hall–Kier alpha value is -3.95. The number of rotatable bonds is 9. The van der Waals surface area contributed by atoms with Gasteiger partial charge in [-0.3, -0.25) is 14.6 Å². The molecule has 0 N–H and O–H groups in total. The van der Waals surface area contributed by atoms with Gasteiger partial charge in [0.05, 0.1) is 54.5 Å². The number of benzene rings is 2. The summed E-state index contributed by atoms with van der Waals surface area (Å²) in [5, 5.41) is 12.8. The number of halogens is 1. The summed E-state index contributed by atoms with van der Waals surface area (Å²) in [6.45, 7) is 10.5. The Morgan fingerprint density at radius 2 is 1.85 bits per heavy atom. The van der Waals surface area contributed by atoms with Crippen LogP contribution in [0, 0.1) is 16.7 Å². The van der Waals surface area contributed by atoms with Crippen molar-refractivity contribution < 1.29 is 14.3 Å². The standard InChI is InChI=1S/C40H47ClN8O3/c41-32-8-1-6-29-7-2-9-34(36(29)32)46-19-12-31-33(23-46)43-38(52-28-40-13-4-17-48(40)18-5-14-40)44-37(31)47-20-21-49(30(22-47)11-15-42)35(50)10-3-16-45-24-39(25-45)26-51-27-39/h1-3,6-10,30H,4-5,11-14,16-28H2/b10-3+/t30-/m0/s1. The highest BCUT2D eigenvalue weighted by Gasteiger charge is 2.48.